The molecule has 286 valence electrons. The Labute approximate surface area is 315 Å². The van der Waals surface area contributed by atoms with Crippen LogP contribution in [0.5, 0.6) is 0 Å². The fourth-order valence-electron chi connectivity index (χ4n) is 6.26. The normalized spacial score (nSPS) is 19.4. The Hall–Kier alpha value is -5.09. The molecular formula is C37H38ClF2N5O8S. The van der Waals surface area contributed by atoms with Crippen LogP contribution in [-0.2, 0) is 37.3 Å². The Morgan fingerprint density at radius 1 is 1.06 bits per heavy atom. The largest absolute Gasteiger partial charge is 0.445 e. The number of anilines is 1. The number of hydrogen-bond acceptors (Lipinski definition) is 10. The molecule has 3 heterocycles. The summed E-state index contributed by atoms with van der Waals surface area (Å²) in [4.78, 5) is 41.8. The van der Waals surface area contributed by atoms with Crippen LogP contribution in [0.15, 0.2) is 76.0 Å². The van der Waals surface area contributed by atoms with Crippen LogP contribution >= 0.6 is 11.6 Å². The van der Waals surface area contributed by atoms with E-state index in [2.05, 4.69) is 15.5 Å². The molecule has 0 spiro atoms. The van der Waals surface area contributed by atoms with Crippen LogP contribution in [0.1, 0.15) is 55.7 Å². The first-order valence-electron chi connectivity index (χ1n) is 17.0. The lowest BCUT2D eigenvalue weighted by Gasteiger charge is -2.35. The molecule has 1 aromatic heterocycles. The molecule has 6 rings (SSSR count). The van der Waals surface area contributed by atoms with E-state index in [0.717, 1.165) is 4.90 Å². The third-order valence-corrected chi connectivity index (χ3v) is 10.7. The van der Waals surface area contributed by atoms with Crippen molar-refractivity contribution in [2.24, 2.45) is 0 Å². The topological polar surface area (TPSA) is 161 Å². The molecule has 3 amide bonds. The number of ether oxygens (including phenoxy) is 2. The van der Waals surface area contributed by atoms with Crippen LogP contribution in [0, 0.1) is 6.92 Å². The second kappa shape index (κ2) is 15.0. The lowest BCUT2D eigenvalue weighted by Crippen LogP contribution is -2.51. The van der Waals surface area contributed by atoms with E-state index in [1.54, 1.807) is 82.3 Å². The number of rotatable bonds is 7. The summed E-state index contributed by atoms with van der Waals surface area (Å²) in [5.74, 6) is -6.11. The number of carbonyl (C=O) groups excluding carboxylic acids is 3. The number of nitrogens with zero attached hydrogens (tertiary/aromatic N) is 4. The number of carbonyl (C=O) groups is 3. The molecule has 2 atom stereocenters. The van der Waals surface area contributed by atoms with Gasteiger partial charge in [-0.2, -0.15) is 0 Å². The van der Waals surface area contributed by atoms with Crippen molar-refractivity contribution >= 4 is 45.2 Å². The molecule has 2 aliphatic rings. The number of aryl methyl sites for hydroxylation is 1. The minimum Gasteiger partial charge on any atom is -0.445 e. The van der Waals surface area contributed by atoms with Crippen LogP contribution in [0.3, 0.4) is 0 Å². The number of fused-ring (bicyclic) bond motifs is 1. The molecule has 1 N–H and O–H groups in total. The summed E-state index contributed by atoms with van der Waals surface area (Å²) < 4.78 is 74.4. The Balaban J connectivity index is 1.32. The predicted molar refractivity (Wildman–Crippen MR) is 193 cm³/mol. The monoisotopic (exact) mass is 785 g/mol. The molecule has 2 aliphatic heterocycles. The van der Waals surface area contributed by atoms with Crippen molar-refractivity contribution in [3.8, 4) is 11.5 Å². The summed E-state index contributed by atoms with van der Waals surface area (Å²) in [6.45, 7) is 5.25. The molecule has 0 aliphatic carbocycles. The van der Waals surface area contributed by atoms with Gasteiger partial charge in [-0.15, -0.1) is 10.2 Å². The quantitative estimate of drug-likeness (QED) is 0.214. The van der Waals surface area contributed by atoms with Gasteiger partial charge in [0, 0.05) is 23.6 Å². The number of halogens is 3. The second-order valence-electron chi connectivity index (χ2n) is 14.3. The second-order valence-corrected chi connectivity index (χ2v) is 16.7. The van der Waals surface area contributed by atoms with E-state index >= 15 is 8.78 Å². The van der Waals surface area contributed by atoms with Gasteiger partial charge < -0.3 is 29.0 Å². The number of hydrogen-bond donors (Lipinski definition) is 1. The zero-order chi connectivity index (χ0) is 39.0. The molecule has 3 aromatic carbocycles. The molecule has 0 saturated carbocycles. The highest BCUT2D eigenvalue weighted by Gasteiger charge is 2.45. The molecule has 1 unspecified atom stereocenters. The van der Waals surface area contributed by atoms with Gasteiger partial charge in [0.1, 0.15) is 18.2 Å². The molecule has 0 radical (unpaired) electrons. The van der Waals surface area contributed by atoms with Crippen molar-refractivity contribution < 1.29 is 45.5 Å². The average molecular weight is 786 g/mol. The molecule has 0 bridgehead atoms. The minimum atomic E-state index is -4.22. The first-order valence-corrected chi connectivity index (χ1v) is 19.0. The standard InChI is InChI=1S/C37H38ClF2N5O8S/c1-22-14-30-29(45(17-23-10-12-26(38)13-11-23)33(46)28(20-54(30,49)50)41-34(47)53-36(2,3)4)15-27(22)32-43-42-31(52-32)25-16-37(39,40)21-44(18-25)35(48)51-19-24-8-6-5-7-9-24/h5-15,25,28H,16-21H2,1-4H3,(H,41,47)/t25?,28-/m0/s1. The van der Waals surface area contributed by atoms with Crippen molar-refractivity contribution in [2.45, 2.75) is 75.6 Å². The Bertz CT molecular complexity index is 2160. The number of benzene rings is 3. The molecule has 4 aromatic rings. The summed E-state index contributed by atoms with van der Waals surface area (Å²) in [7, 11) is -4.22. The third-order valence-electron chi connectivity index (χ3n) is 8.72. The van der Waals surface area contributed by atoms with Gasteiger partial charge in [-0.25, -0.2) is 26.8 Å². The summed E-state index contributed by atoms with van der Waals surface area (Å²) in [5, 5.41) is 11.0. The molecule has 54 heavy (non-hydrogen) atoms. The zero-order valence-electron chi connectivity index (χ0n) is 29.8. The Kier molecular flexibility index (Phi) is 10.7. The number of alkyl halides is 2. The predicted octanol–water partition coefficient (Wildman–Crippen LogP) is 6.67. The van der Waals surface area contributed by atoms with Crippen LogP contribution < -0.4 is 10.2 Å². The maximum atomic E-state index is 15.0. The number of nitrogens with one attached hydrogen (secondary N) is 1. The summed E-state index contributed by atoms with van der Waals surface area (Å²) in [5.41, 5.74) is 0.943. The molecule has 1 saturated heterocycles. The number of likely N-dealkylation sites (tertiary alicyclic amines) is 1. The minimum absolute atomic E-state index is 0.0275. The Morgan fingerprint density at radius 2 is 1.76 bits per heavy atom. The van der Waals surface area contributed by atoms with Crippen molar-refractivity contribution in [1.29, 1.82) is 0 Å². The van der Waals surface area contributed by atoms with Crippen LogP contribution in [0.2, 0.25) is 5.02 Å². The number of amides is 3. The van der Waals surface area contributed by atoms with E-state index in [1.165, 1.54) is 17.0 Å². The fraction of sp³-hybridized carbons (Fsp3) is 0.378. The van der Waals surface area contributed by atoms with Gasteiger partial charge in [-0.05, 0) is 68.7 Å². The smallest absolute Gasteiger partial charge is 0.410 e. The highest BCUT2D eigenvalue weighted by molar-refractivity contribution is 7.91. The highest BCUT2D eigenvalue weighted by atomic mass is 35.5. The first kappa shape index (κ1) is 38.6. The highest BCUT2D eigenvalue weighted by Crippen LogP contribution is 2.40. The lowest BCUT2D eigenvalue weighted by atomic mass is 9.95. The number of piperidine rings is 1. The van der Waals surface area contributed by atoms with Gasteiger partial charge in [-0.3, -0.25) is 4.79 Å². The fourth-order valence-corrected chi connectivity index (χ4v) is 8.07. The van der Waals surface area contributed by atoms with Crippen molar-refractivity contribution in [3.05, 3.63) is 94.3 Å². The first-order chi connectivity index (χ1) is 25.4. The van der Waals surface area contributed by atoms with Gasteiger partial charge in [0.25, 0.3) is 11.8 Å². The van der Waals surface area contributed by atoms with Crippen molar-refractivity contribution in [2.75, 3.05) is 23.7 Å². The van der Waals surface area contributed by atoms with Crippen LogP contribution in [0.4, 0.5) is 24.1 Å². The van der Waals surface area contributed by atoms with Gasteiger partial charge in [0.2, 0.25) is 11.8 Å². The maximum absolute atomic E-state index is 15.0. The Morgan fingerprint density at radius 3 is 2.44 bits per heavy atom. The third kappa shape index (κ3) is 8.98. The van der Waals surface area contributed by atoms with E-state index in [-0.39, 0.29) is 47.6 Å². The SMILES string of the molecule is Cc1cc2c(cc1-c1nnc(C3CN(C(=O)OCc4ccccc4)CC(F)(F)C3)o1)N(Cc1ccc(Cl)cc1)C(=O)[C@@H](NC(=O)OC(C)(C)C)CS2(=O)=O. The van der Waals surface area contributed by atoms with E-state index in [1.807, 2.05) is 0 Å². The summed E-state index contributed by atoms with van der Waals surface area (Å²) >= 11 is 6.09. The van der Waals surface area contributed by atoms with Crippen molar-refractivity contribution in [3.63, 3.8) is 0 Å². The molecule has 1 fully saturated rings. The van der Waals surface area contributed by atoms with E-state index in [0.29, 0.717) is 21.7 Å². The lowest BCUT2D eigenvalue weighted by molar-refractivity contribution is -0.120. The van der Waals surface area contributed by atoms with Gasteiger partial charge in [-0.1, -0.05) is 54.1 Å². The van der Waals surface area contributed by atoms with Crippen LogP contribution in [0.25, 0.3) is 11.5 Å². The summed E-state index contributed by atoms with van der Waals surface area (Å²) in [6.07, 6.45) is -2.57. The van der Waals surface area contributed by atoms with E-state index in [4.69, 9.17) is 25.5 Å². The van der Waals surface area contributed by atoms with Gasteiger partial charge >= 0.3 is 12.2 Å². The number of alkyl carbamates (subject to hydrolysis) is 1. The van der Waals surface area contributed by atoms with E-state index in [9.17, 15) is 22.8 Å². The van der Waals surface area contributed by atoms with Gasteiger partial charge in [0.05, 0.1) is 35.3 Å². The number of aromatic nitrogens is 2. The summed E-state index contributed by atoms with van der Waals surface area (Å²) in [6, 6.07) is 16.7. The van der Waals surface area contributed by atoms with Crippen LogP contribution in [-0.4, -0.2) is 78.0 Å². The maximum Gasteiger partial charge on any atom is 0.410 e. The molecule has 13 nitrogen and oxygen atoms in total. The molecular weight excluding hydrogens is 748 g/mol. The molecule has 17 heteroatoms. The van der Waals surface area contributed by atoms with E-state index < -0.39 is 70.1 Å². The number of sulfone groups is 1. The zero-order valence-corrected chi connectivity index (χ0v) is 31.4. The van der Waals surface area contributed by atoms with Gasteiger partial charge in [0.15, 0.2) is 9.84 Å². The average Bonchev–Trinajstić information content (AvgIpc) is 3.57. The van der Waals surface area contributed by atoms with Crippen molar-refractivity contribution in [1.82, 2.24) is 20.4 Å².